The van der Waals surface area contributed by atoms with Crippen LogP contribution in [-0.4, -0.2) is 24.7 Å². The Bertz CT molecular complexity index is 648. The van der Waals surface area contributed by atoms with Crippen LogP contribution >= 0.6 is 12.2 Å². The normalized spacial score (nSPS) is 12.2. The molecule has 1 unspecified atom stereocenters. The summed E-state index contributed by atoms with van der Waals surface area (Å²) in [5.41, 5.74) is 8.51. The van der Waals surface area contributed by atoms with Crippen LogP contribution in [0, 0.1) is 13.8 Å². The van der Waals surface area contributed by atoms with Gasteiger partial charge in [0.25, 0.3) is 0 Å². The smallest absolute Gasteiger partial charge is 0.154 e. The number of rotatable bonds is 4. The molecule has 0 radical (unpaired) electrons. The summed E-state index contributed by atoms with van der Waals surface area (Å²) in [6, 6.07) is 1.91. The van der Waals surface area contributed by atoms with E-state index in [2.05, 4.69) is 20.5 Å². The van der Waals surface area contributed by atoms with Crippen LogP contribution in [-0.2, 0) is 7.05 Å². The molecule has 1 atom stereocenters. The Morgan fingerprint density at radius 3 is 2.70 bits per heavy atom. The van der Waals surface area contributed by atoms with E-state index in [9.17, 15) is 0 Å². The Labute approximate surface area is 123 Å². The molecule has 0 saturated heterocycles. The SMILES string of the molecule is Cc1cc(C)c(C(N)=S)c(NC(C)c2nncn2C)n1. The van der Waals surface area contributed by atoms with Gasteiger partial charge >= 0.3 is 0 Å². The third-order valence-electron chi connectivity index (χ3n) is 3.08. The van der Waals surface area contributed by atoms with Crippen molar-refractivity contribution >= 4 is 23.0 Å². The van der Waals surface area contributed by atoms with E-state index in [1.807, 2.05) is 38.5 Å². The topological polar surface area (TPSA) is 81.6 Å². The quantitative estimate of drug-likeness (QED) is 0.833. The first kappa shape index (κ1) is 14.4. The van der Waals surface area contributed by atoms with E-state index in [1.165, 1.54) is 0 Å². The Hall–Kier alpha value is -2.02. The molecule has 0 aliphatic rings. The van der Waals surface area contributed by atoms with Crippen LogP contribution in [0.5, 0.6) is 0 Å². The van der Waals surface area contributed by atoms with Gasteiger partial charge < -0.3 is 15.6 Å². The maximum atomic E-state index is 5.81. The Morgan fingerprint density at radius 2 is 2.15 bits per heavy atom. The van der Waals surface area contributed by atoms with Crippen molar-refractivity contribution in [3.8, 4) is 0 Å². The highest BCUT2D eigenvalue weighted by Gasteiger charge is 2.17. The lowest BCUT2D eigenvalue weighted by Crippen LogP contribution is -2.19. The van der Waals surface area contributed by atoms with Crippen LogP contribution in [0.2, 0.25) is 0 Å². The second-order valence-corrected chi connectivity index (χ2v) is 5.27. The lowest BCUT2D eigenvalue weighted by Gasteiger charge is -2.18. The number of aromatic nitrogens is 4. The molecule has 2 aromatic rings. The number of aryl methyl sites for hydroxylation is 3. The minimum atomic E-state index is -0.0516. The number of pyridine rings is 1. The van der Waals surface area contributed by atoms with Gasteiger partial charge in [-0.15, -0.1) is 10.2 Å². The largest absolute Gasteiger partial charge is 0.389 e. The standard InChI is InChI=1S/C13H18N6S/c1-7-5-8(2)16-12(10(7)11(14)20)17-9(3)13-18-15-6-19(13)4/h5-6,9H,1-4H3,(H2,14,20)(H,16,17). The highest BCUT2D eigenvalue weighted by Crippen LogP contribution is 2.22. The minimum absolute atomic E-state index is 0.0516. The van der Waals surface area contributed by atoms with Gasteiger partial charge in [0.2, 0.25) is 0 Å². The lowest BCUT2D eigenvalue weighted by molar-refractivity contribution is 0.716. The van der Waals surface area contributed by atoms with E-state index in [4.69, 9.17) is 18.0 Å². The van der Waals surface area contributed by atoms with Gasteiger partial charge in [0.15, 0.2) is 5.82 Å². The second-order valence-electron chi connectivity index (χ2n) is 4.83. The van der Waals surface area contributed by atoms with Crippen molar-refractivity contribution in [3.63, 3.8) is 0 Å². The molecule has 0 saturated carbocycles. The van der Waals surface area contributed by atoms with Crippen molar-refractivity contribution in [2.45, 2.75) is 26.8 Å². The van der Waals surface area contributed by atoms with Gasteiger partial charge in [-0.1, -0.05) is 12.2 Å². The summed E-state index contributed by atoms with van der Waals surface area (Å²) in [6.45, 7) is 5.91. The van der Waals surface area contributed by atoms with E-state index >= 15 is 0 Å². The van der Waals surface area contributed by atoms with Gasteiger partial charge in [0, 0.05) is 12.7 Å². The Kier molecular flexibility index (Phi) is 3.99. The predicted octanol–water partition coefficient (Wildman–Crippen LogP) is 1.63. The molecule has 20 heavy (non-hydrogen) atoms. The zero-order valence-corrected chi connectivity index (χ0v) is 12.8. The summed E-state index contributed by atoms with van der Waals surface area (Å²) in [4.78, 5) is 4.83. The van der Waals surface area contributed by atoms with E-state index in [0.717, 1.165) is 22.6 Å². The van der Waals surface area contributed by atoms with Crippen molar-refractivity contribution in [1.29, 1.82) is 0 Å². The van der Waals surface area contributed by atoms with Gasteiger partial charge in [0.1, 0.15) is 17.1 Å². The van der Waals surface area contributed by atoms with Crippen LogP contribution in [0.4, 0.5) is 5.82 Å². The first-order chi connectivity index (χ1) is 9.40. The summed E-state index contributed by atoms with van der Waals surface area (Å²) in [5, 5.41) is 11.3. The fourth-order valence-corrected chi connectivity index (χ4v) is 2.46. The predicted molar refractivity (Wildman–Crippen MR) is 82.6 cm³/mol. The van der Waals surface area contributed by atoms with E-state index < -0.39 is 0 Å². The summed E-state index contributed by atoms with van der Waals surface area (Å²) in [7, 11) is 1.90. The van der Waals surface area contributed by atoms with Gasteiger partial charge in [-0.25, -0.2) is 4.98 Å². The molecule has 0 spiro atoms. The van der Waals surface area contributed by atoms with Crippen LogP contribution in [0.15, 0.2) is 12.4 Å². The number of nitrogens with zero attached hydrogens (tertiary/aromatic N) is 4. The highest BCUT2D eigenvalue weighted by atomic mass is 32.1. The maximum absolute atomic E-state index is 5.81. The van der Waals surface area contributed by atoms with Gasteiger partial charge in [0.05, 0.1) is 11.6 Å². The molecule has 2 heterocycles. The molecular weight excluding hydrogens is 272 g/mol. The molecule has 3 N–H and O–H groups in total. The number of nitrogens with one attached hydrogen (secondary N) is 1. The van der Waals surface area contributed by atoms with Crippen LogP contribution in [0.3, 0.4) is 0 Å². The van der Waals surface area contributed by atoms with Crippen molar-refractivity contribution in [1.82, 2.24) is 19.7 Å². The first-order valence-electron chi connectivity index (χ1n) is 6.28. The molecule has 2 aromatic heterocycles. The molecule has 0 aliphatic carbocycles. The highest BCUT2D eigenvalue weighted by molar-refractivity contribution is 7.80. The average Bonchev–Trinajstić information content (AvgIpc) is 2.73. The van der Waals surface area contributed by atoms with Crippen LogP contribution < -0.4 is 11.1 Å². The van der Waals surface area contributed by atoms with Gasteiger partial charge in [-0.05, 0) is 32.4 Å². The average molecular weight is 290 g/mol. The summed E-state index contributed by atoms with van der Waals surface area (Å²) >= 11 is 5.12. The van der Waals surface area contributed by atoms with E-state index in [0.29, 0.717) is 10.8 Å². The molecule has 106 valence electrons. The number of anilines is 1. The van der Waals surface area contributed by atoms with E-state index in [1.54, 1.807) is 6.33 Å². The molecule has 0 amide bonds. The van der Waals surface area contributed by atoms with Crippen molar-refractivity contribution in [2.24, 2.45) is 12.8 Å². The van der Waals surface area contributed by atoms with Gasteiger partial charge in [-0.2, -0.15) is 0 Å². The summed E-state index contributed by atoms with van der Waals surface area (Å²) < 4.78 is 1.86. The molecule has 0 bridgehead atoms. The van der Waals surface area contributed by atoms with Crippen LogP contribution in [0.25, 0.3) is 0 Å². The maximum Gasteiger partial charge on any atom is 0.154 e. The third kappa shape index (κ3) is 2.77. The zero-order valence-electron chi connectivity index (χ0n) is 12.0. The Balaban J connectivity index is 2.38. The molecule has 7 heteroatoms. The summed E-state index contributed by atoms with van der Waals surface area (Å²) in [5.74, 6) is 1.50. The van der Waals surface area contributed by atoms with E-state index in [-0.39, 0.29) is 6.04 Å². The number of thiocarbonyl (C=S) groups is 1. The molecule has 0 aromatic carbocycles. The monoisotopic (exact) mass is 290 g/mol. The molecular formula is C13H18N6S. The zero-order chi connectivity index (χ0) is 14.9. The number of nitrogens with two attached hydrogens (primary N) is 1. The van der Waals surface area contributed by atoms with Crippen molar-refractivity contribution in [3.05, 3.63) is 35.0 Å². The molecule has 6 nitrogen and oxygen atoms in total. The fourth-order valence-electron chi connectivity index (χ4n) is 2.21. The third-order valence-corrected chi connectivity index (χ3v) is 3.28. The molecule has 0 fully saturated rings. The van der Waals surface area contributed by atoms with Crippen molar-refractivity contribution < 1.29 is 0 Å². The fraction of sp³-hybridized carbons (Fsp3) is 0.385. The molecule has 0 aliphatic heterocycles. The second kappa shape index (κ2) is 5.54. The first-order valence-corrected chi connectivity index (χ1v) is 6.69. The number of hydrogen-bond acceptors (Lipinski definition) is 5. The van der Waals surface area contributed by atoms with Gasteiger partial charge in [-0.3, -0.25) is 0 Å². The van der Waals surface area contributed by atoms with Crippen molar-refractivity contribution in [2.75, 3.05) is 5.32 Å². The summed E-state index contributed by atoms with van der Waals surface area (Å²) in [6.07, 6.45) is 1.66. The number of hydrogen-bond donors (Lipinski definition) is 2. The van der Waals surface area contributed by atoms with Crippen LogP contribution in [0.1, 0.15) is 35.6 Å². The lowest BCUT2D eigenvalue weighted by atomic mass is 10.1. The Morgan fingerprint density at radius 1 is 1.45 bits per heavy atom. The molecule has 2 rings (SSSR count). The minimum Gasteiger partial charge on any atom is -0.389 e.